The first-order valence-electron chi connectivity index (χ1n) is 9.43. The summed E-state index contributed by atoms with van der Waals surface area (Å²) in [7, 11) is -1.16. The van der Waals surface area contributed by atoms with E-state index < -0.39 is 9.84 Å². The van der Waals surface area contributed by atoms with Crippen molar-refractivity contribution >= 4 is 49.1 Å². The molecule has 2 heterocycles. The second-order valence-corrected chi connectivity index (χ2v) is 11.9. The molecule has 1 amide bonds. The second-order valence-electron chi connectivity index (χ2n) is 7.25. The van der Waals surface area contributed by atoms with Crippen molar-refractivity contribution in [1.82, 2.24) is 9.88 Å². The number of carbonyl (C=O) groups excluding carboxylic acids is 1. The second kappa shape index (κ2) is 8.08. The molecule has 1 saturated heterocycles. The maximum Gasteiger partial charge on any atom is 0.255 e. The van der Waals surface area contributed by atoms with E-state index in [1.54, 1.807) is 23.3 Å². The normalized spacial score (nSPS) is 19.3. The van der Waals surface area contributed by atoms with Crippen LogP contribution in [0.4, 0.5) is 0 Å². The van der Waals surface area contributed by atoms with Gasteiger partial charge in [0.05, 0.1) is 33.3 Å². The Balaban J connectivity index is 1.55. The number of hydrogen-bond donors (Lipinski definition) is 0. The first-order chi connectivity index (χ1) is 13.8. The van der Waals surface area contributed by atoms with Crippen LogP contribution in [0.3, 0.4) is 0 Å². The van der Waals surface area contributed by atoms with Gasteiger partial charge in [-0.15, -0.1) is 23.1 Å². The van der Waals surface area contributed by atoms with Crippen molar-refractivity contribution in [2.24, 2.45) is 0 Å². The number of sulfone groups is 1. The Labute approximate surface area is 179 Å². The molecule has 0 unspecified atom stereocenters. The molecule has 2 aromatic carbocycles. The maximum atomic E-state index is 13.3. The summed E-state index contributed by atoms with van der Waals surface area (Å²) in [5, 5.41) is 0.898. The minimum Gasteiger partial charge on any atom is -0.332 e. The van der Waals surface area contributed by atoms with Gasteiger partial charge >= 0.3 is 0 Å². The van der Waals surface area contributed by atoms with Crippen molar-refractivity contribution in [2.75, 3.05) is 18.6 Å². The lowest BCUT2D eigenvalue weighted by Gasteiger charge is -2.24. The summed E-state index contributed by atoms with van der Waals surface area (Å²) in [5.74, 6) is 0.328. The molecule has 8 heteroatoms. The Morgan fingerprint density at radius 1 is 1.21 bits per heavy atom. The number of benzene rings is 2. The van der Waals surface area contributed by atoms with Crippen molar-refractivity contribution in [2.45, 2.75) is 29.5 Å². The smallest absolute Gasteiger partial charge is 0.255 e. The summed E-state index contributed by atoms with van der Waals surface area (Å²) in [6.07, 6.45) is 0.632. The van der Waals surface area contributed by atoms with Crippen LogP contribution < -0.4 is 0 Å². The molecule has 29 heavy (non-hydrogen) atoms. The van der Waals surface area contributed by atoms with Gasteiger partial charge < -0.3 is 4.90 Å². The van der Waals surface area contributed by atoms with Crippen molar-refractivity contribution in [3.05, 3.63) is 59.1 Å². The number of thiazole rings is 1. The molecule has 0 bridgehead atoms. The first-order valence-corrected chi connectivity index (χ1v) is 12.9. The average molecular weight is 447 g/mol. The lowest BCUT2D eigenvalue weighted by atomic mass is 10.2. The maximum absolute atomic E-state index is 13.3. The first kappa shape index (κ1) is 20.4. The number of aromatic nitrogens is 1. The zero-order valence-electron chi connectivity index (χ0n) is 16.2. The minimum atomic E-state index is -2.95. The van der Waals surface area contributed by atoms with Gasteiger partial charge in [-0.3, -0.25) is 4.79 Å². The molecule has 152 valence electrons. The Morgan fingerprint density at radius 2 is 1.93 bits per heavy atom. The van der Waals surface area contributed by atoms with Crippen LogP contribution in [0, 0.1) is 0 Å². The SMILES string of the molecule is C[C@H](c1nc2ccccc2s1)N(C)C(=O)c1ccccc1S[C@@H]1CCS(=O)(=O)C1. The zero-order valence-corrected chi connectivity index (χ0v) is 18.7. The van der Waals surface area contributed by atoms with E-state index in [1.807, 2.05) is 55.5 Å². The molecular formula is C21H22N2O3S3. The topological polar surface area (TPSA) is 67.3 Å². The summed E-state index contributed by atoms with van der Waals surface area (Å²) in [5.41, 5.74) is 1.55. The molecule has 1 fully saturated rings. The summed E-state index contributed by atoms with van der Waals surface area (Å²) in [6.45, 7) is 1.98. The predicted molar refractivity (Wildman–Crippen MR) is 119 cm³/mol. The van der Waals surface area contributed by atoms with Crippen molar-refractivity contribution in [1.29, 1.82) is 0 Å². The molecule has 4 rings (SSSR count). The standard InChI is InChI=1S/C21H22N2O3S3/c1-14(20-22-17-8-4-6-10-19(17)28-20)23(2)21(24)16-7-3-5-9-18(16)27-15-11-12-29(25,26)13-15/h3-10,14-15H,11-13H2,1-2H3/t14-,15-/m1/s1. The van der Waals surface area contributed by atoms with E-state index in [0.29, 0.717) is 12.0 Å². The Morgan fingerprint density at radius 3 is 2.66 bits per heavy atom. The number of amides is 1. The van der Waals surface area contributed by atoms with E-state index in [4.69, 9.17) is 0 Å². The van der Waals surface area contributed by atoms with Crippen LogP contribution >= 0.6 is 23.1 Å². The van der Waals surface area contributed by atoms with Crippen LogP contribution in [0.2, 0.25) is 0 Å². The van der Waals surface area contributed by atoms with Crippen LogP contribution in [0.5, 0.6) is 0 Å². The monoisotopic (exact) mass is 446 g/mol. The summed E-state index contributed by atoms with van der Waals surface area (Å²) < 4.78 is 24.7. The summed E-state index contributed by atoms with van der Waals surface area (Å²) >= 11 is 3.10. The molecule has 0 aliphatic carbocycles. The number of fused-ring (bicyclic) bond motifs is 1. The third kappa shape index (κ3) is 4.34. The Bertz CT molecular complexity index is 1120. The Kier molecular flexibility index (Phi) is 5.68. The third-order valence-corrected chi connectivity index (χ3v) is 9.70. The van der Waals surface area contributed by atoms with Crippen LogP contribution in [-0.4, -0.2) is 48.0 Å². The number of hydrogen-bond acceptors (Lipinski definition) is 6. The van der Waals surface area contributed by atoms with Crippen LogP contribution in [0.25, 0.3) is 10.2 Å². The largest absolute Gasteiger partial charge is 0.332 e. The van der Waals surface area contributed by atoms with E-state index >= 15 is 0 Å². The van der Waals surface area contributed by atoms with Crippen LogP contribution in [0.15, 0.2) is 53.4 Å². The van der Waals surface area contributed by atoms with Crippen molar-refractivity contribution in [3.8, 4) is 0 Å². The lowest BCUT2D eigenvalue weighted by molar-refractivity contribution is 0.0739. The summed E-state index contributed by atoms with van der Waals surface area (Å²) in [6, 6.07) is 15.2. The van der Waals surface area contributed by atoms with Gasteiger partial charge in [-0.05, 0) is 37.6 Å². The van der Waals surface area contributed by atoms with E-state index in [1.165, 1.54) is 11.8 Å². The van der Waals surface area contributed by atoms with Crippen molar-refractivity contribution < 1.29 is 13.2 Å². The molecule has 0 radical (unpaired) electrons. The van der Waals surface area contributed by atoms with E-state index in [0.717, 1.165) is 20.1 Å². The average Bonchev–Trinajstić information content (AvgIpc) is 3.29. The molecule has 5 nitrogen and oxygen atoms in total. The van der Waals surface area contributed by atoms with E-state index in [2.05, 4.69) is 4.98 Å². The number of thioether (sulfide) groups is 1. The number of para-hydroxylation sites is 1. The van der Waals surface area contributed by atoms with E-state index in [9.17, 15) is 13.2 Å². The molecule has 0 spiro atoms. The fraction of sp³-hybridized carbons (Fsp3) is 0.333. The Hall–Kier alpha value is -1.90. The molecule has 0 N–H and O–H groups in total. The molecule has 1 aromatic heterocycles. The van der Waals surface area contributed by atoms with Gasteiger partial charge in [-0.1, -0.05) is 24.3 Å². The quantitative estimate of drug-likeness (QED) is 0.581. The highest BCUT2D eigenvalue weighted by Crippen LogP contribution is 2.35. The number of rotatable bonds is 5. The fourth-order valence-corrected chi connectivity index (χ4v) is 8.06. The van der Waals surface area contributed by atoms with Gasteiger partial charge in [0.15, 0.2) is 9.84 Å². The molecular weight excluding hydrogens is 424 g/mol. The van der Waals surface area contributed by atoms with Gasteiger partial charge in [0.1, 0.15) is 5.01 Å². The predicted octanol–water partition coefficient (Wildman–Crippen LogP) is 4.41. The highest BCUT2D eigenvalue weighted by Gasteiger charge is 2.30. The zero-order chi connectivity index (χ0) is 20.6. The lowest BCUT2D eigenvalue weighted by Crippen LogP contribution is -2.30. The molecule has 1 aliphatic rings. The highest BCUT2D eigenvalue weighted by atomic mass is 32.2. The molecule has 3 aromatic rings. The van der Waals surface area contributed by atoms with Gasteiger partial charge in [0.25, 0.3) is 5.91 Å². The highest BCUT2D eigenvalue weighted by molar-refractivity contribution is 8.02. The summed E-state index contributed by atoms with van der Waals surface area (Å²) in [4.78, 5) is 20.5. The van der Waals surface area contributed by atoms with E-state index in [-0.39, 0.29) is 28.7 Å². The number of carbonyl (C=O) groups is 1. The molecule has 1 aliphatic heterocycles. The van der Waals surface area contributed by atoms with Gasteiger partial charge in [0.2, 0.25) is 0 Å². The van der Waals surface area contributed by atoms with Crippen LogP contribution in [-0.2, 0) is 9.84 Å². The van der Waals surface area contributed by atoms with Gasteiger partial charge in [-0.25, -0.2) is 13.4 Å². The third-order valence-electron chi connectivity index (χ3n) is 5.17. The van der Waals surface area contributed by atoms with Gasteiger partial charge in [-0.2, -0.15) is 0 Å². The fourth-order valence-electron chi connectivity index (χ4n) is 3.38. The number of nitrogens with zero attached hydrogens (tertiary/aromatic N) is 2. The van der Waals surface area contributed by atoms with Crippen molar-refractivity contribution in [3.63, 3.8) is 0 Å². The van der Waals surface area contributed by atoms with Crippen LogP contribution in [0.1, 0.15) is 34.8 Å². The molecule has 2 atom stereocenters. The van der Waals surface area contributed by atoms with Gasteiger partial charge in [0, 0.05) is 17.2 Å². The minimum absolute atomic E-state index is 0.000872. The molecule has 0 saturated carbocycles.